The molecule has 9 nitrogen and oxygen atoms in total. The number of hydrogen-bond acceptors (Lipinski definition) is 5. The predicted octanol–water partition coefficient (Wildman–Crippen LogP) is 1.12. The zero-order chi connectivity index (χ0) is 22.5. The Morgan fingerprint density at radius 2 is 1.74 bits per heavy atom. The highest BCUT2D eigenvalue weighted by Gasteiger charge is 2.21. The SMILES string of the molecule is CCn1c(=O)n(CC(=O)N(CC(N)=O)Cc2ccccc2)c2ccc(C(=O)OC)cc21. The molecule has 3 rings (SSSR count). The van der Waals surface area contributed by atoms with Crippen LogP contribution in [0.15, 0.2) is 53.3 Å². The molecule has 9 heteroatoms. The molecule has 0 unspecified atom stereocenters. The zero-order valence-electron chi connectivity index (χ0n) is 17.4. The Balaban J connectivity index is 1.97. The molecule has 0 aliphatic carbocycles. The fourth-order valence-electron chi connectivity index (χ4n) is 3.48. The van der Waals surface area contributed by atoms with Crippen LogP contribution in [0.3, 0.4) is 0 Å². The number of rotatable bonds is 8. The molecule has 2 N–H and O–H groups in total. The summed E-state index contributed by atoms with van der Waals surface area (Å²) in [6.07, 6.45) is 0. The molecular formula is C22H24N4O5. The van der Waals surface area contributed by atoms with E-state index in [2.05, 4.69) is 0 Å². The van der Waals surface area contributed by atoms with E-state index in [4.69, 9.17) is 10.5 Å². The average Bonchev–Trinajstić information content (AvgIpc) is 3.03. The number of esters is 1. The molecule has 2 amide bonds. The summed E-state index contributed by atoms with van der Waals surface area (Å²) < 4.78 is 7.56. The van der Waals surface area contributed by atoms with Crippen LogP contribution < -0.4 is 11.4 Å². The van der Waals surface area contributed by atoms with Crippen molar-refractivity contribution in [2.24, 2.45) is 5.73 Å². The number of nitrogens with two attached hydrogens (primary N) is 1. The third kappa shape index (κ3) is 4.66. The number of methoxy groups -OCH3 is 1. The summed E-state index contributed by atoms with van der Waals surface area (Å²) in [5.74, 6) is -1.58. The van der Waals surface area contributed by atoms with Crippen LogP contribution in [-0.4, -0.2) is 45.5 Å². The van der Waals surface area contributed by atoms with E-state index in [1.54, 1.807) is 25.1 Å². The molecule has 0 saturated heterocycles. The van der Waals surface area contributed by atoms with E-state index in [0.29, 0.717) is 23.1 Å². The summed E-state index contributed by atoms with van der Waals surface area (Å²) in [6.45, 7) is 1.82. The number of benzene rings is 2. The summed E-state index contributed by atoms with van der Waals surface area (Å²) in [5, 5.41) is 0. The van der Waals surface area contributed by atoms with E-state index in [9.17, 15) is 19.2 Å². The number of ether oxygens (including phenoxy) is 1. The Kier molecular flexibility index (Phi) is 6.54. The van der Waals surface area contributed by atoms with Crippen molar-refractivity contribution in [3.05, 3.63) is 70.1 Å². The monoisotopic (exact) mass is 424 g/mol. The molecule has 162 valence electrons. The highest BCUT2D eigenvalue weighted by molar-refractivity contribution is 5.94. The summed E-state index contributed by atoms with van der Waals surface area (Å²) in [7, 11) is 1.28. The Labute approximate surface area is 178 Å². The van der Waals surface area contributed by atoms with Crippen molar-refractivity contribution in [2.75, 3.05) is 13.7 Å². The van der Waals surface area contributed by atoms with Crippen LogP contribution in [-0.2, 0) is 34.0 Å². The molecule has 31 heavy (non-hydrogen) atoms. The number of nitrogens with zero attached hydrogens (tertiary/aromatic N) is 3. The third-order valence-corrected chi connectivity index (χ3v) is 4.97. The quantitative estimate of drug-likeness (QED) is 0.544. The van der Waals surface area contributed by atoms with Crippen molar-refractivity contribution >= 4 is 28.8 Å². The molecular weight excluding hydrogens is 400 g/mol. The van der Waals surface area contributed by atoms with Gasteiger partial charge in [0.15, 0.2) is 0 Å². The maximum absolute atomic E-state index is 13.0. The molecule has 2 aromatic carbocycles. The van der Waals surface area contributed by atoms with Gasteiger partial charge in [-0.1, -0.05) is 30.3 Å². The largest absolute Gasteiger partial charge is 0.465 e. The second-order valence-corrected chi connectivity index (χ2v) is 7.01. The summed E-state index contributed by atoms with van der Waals surface area (Å²) in [6, 6.07) is 13.9. The zero-order valence-corrected chi connectivity index (χ0v) is 17.4. The lowest BCUT2D eigenvalue weighted by atomic mass is 10.2. The maximum Gasteiger partial charge on any atom is 0.337 e. The fourth-order valence-corrected chi connectivity index (χ4v) is 3.48. The fraction of sp³-hybridized carbons (Fsp3) is 0.273. The Bertz CT molecular complexity index is 1180. The Morgan fingerprint density at radius 3 is 2.35 bits per heavy atom. The molecule has 0 radical (unpaired) electrons. The van der Waals surface area contributed by atoms with Crippen LogP contribution in [0.4, 0.5) is 0 Å². The van der Waals surface area contributed by atoms with Gasteiger partial charge in [0.1, 0.15) is 6.54 Å². The van der Waals surface area contributed by atoms with Crippen molar-refractivity contribution in [1.82, 2.24) is 14.0 Å². The first-order chi connectivity index (χ1) is 14.8. The Morgan fingerprint density at radius 1 is 1.03 bits per heavy atom. The number of aromatic nitrogens is 2. The molecule has 0 aliphatic rings. The number of fused-ring (bicyclic) bond motifs is 1. The highest BCUT2D eigenvalue weighted by atomic mass is 16.5. The molecule has 1 heterocycles. The van der Waals surface area contributed by atoms with Crippen LogP contribution in [0.2, 0.25) is 0 Å². The maximum atomic E-state index is 13.0. The minimum absolute atomic E-state index is 0.191. The van der Waals surface area contributed by atoms with Gasteiger partial charge < -0.3 is 15.4 Å². The minimum Gasteiger partial charge on any atom is -0.465 e. The van der Waals surface area contributed by atoms with Gasteiger partial charge in [0, 0.05) is 13.1 Å². The summed E-state index contributed by atoms with van der Waals surface area (Å²) >= 11 is 0. The first-order valence-corrected chi connectivity index (χ1v) is 9.77. The molecule has 0 spiro atoms. The third-order valence-electron chi connectivity index (χ3n) is 4.97. The van der Waals surface area contributed by atoms with Crippen molar-refractivity contribution in [3.63, 3.8) is 0 Å². The van der Waals surface area contributed by atoms with Gasteiger partial charge >= 0.3 is 11.7 Å². The molecule has 0 bridgehead atoms. The van der Waals surface area contributed by atoms with Gasteiger partial charge in [0.2, 0.25) is 11.8 Å². The van der Waals surface area contributed by atoms with Crippen molar-refractivity contribution in [3.8, 4) is 0 Å². The van der Waals surface area contributed by atoms with Crippen LogP contribution >= 0.6 is 0 Å². The predicted molar refractivity (Wildman–Crippen MR) is 114 cm³/mol. The van der Waals surface area contributed by atoms with E-state index < -0.39 is 17.8 Å². The van der Waals surface area contributed by atoms with Crippen LogP contribution in [0.25, 0.3) is 11.0 Å². The minimum atomic E-state index is -0.643. The summed E-state index contributed by atoms with van der Waals surface area (Å²) in [5.41, 5.74) is 7.12. The van der Waals surface area contributed by atoms with Gasteiger partial charge in [-0.25, -0.2) is 9.59 Å². The number of hydrogen-bond donors (Lipinski definition) is 1. The van der Waals surface area contributed by atoms with E-state index in [-0.39, 0.29) is 25.3 Å². The number of amides is 2. The lowest BCUT2D eigenvalue weighted by Crippen LogP contribution is -2.41. The van der Waals surface area contributed by atoms with Gasteiger partial charge in [0.05, 0.1) is 30.3 Å². The van der Waals surface area contributed by atoms with Gasteiger partial charge in [-0.2, -0.15) is 0 Å². The lowest BCUT2D eigenvalue weighted by molar-refractivity contribution is -0.136. The smallest absolute Gasteiger partial charge is 0.337 e. The van der Waals surface area contributed by atoms with Crippen molar-refractivity contribution in [1.29, 1.82) is 0 Å². The van der Waals surface area contributed by atoms with E-state index in [1.807, 2.05) is 30.3 Å². The normalized spacial score (nSPS) is 10.8. The average molecular weight is 424 g/mol. The lowest BCUT2D eigenvalue weighted by Gasteiger charge is -2.21. The van der Waals surface area contributed by atoms with Crippen molar-refractivity contribution < 1.29 is 19.1 Å². The van der Waals surface area contributed by atoms with E-state index in [1.165, 1.54) is 21.1 Å². The number of imidazole rings is 1. The number of aryl methyl sites for hydroxylation is 1. The van der Waals surface area contributed by atoms with Crippen molar-refractivity contribution in [2.45, 2.75) is 26.6 Å². The standard InChI is InChI=1S/C22H24N4O5/c1-3-25-18-11-16(21(29)31-2)9-10-17(18)26(22(25)30)14-20(28)24(13-19(23)27)12-15-7-5-4-6-8-15/h4-11H,3,12-14H2,1-2H3,(H2,23,27). The first kappa shape index (κ1) is 21.8. The van der Waals surface area contributed by atoms with E-state index >= 15 is 0 Å². The highest BCUT2D eigenvalue weighted by Crippen LogP contribution is 2.17. The number of primary amides is 1. The van der Waals surface area contributed by atoms with Gasteiger partial charge in [-0.05, 0) is 30.7 Å². The topological polar surface area (TPSA) is 117 Å². The van der Waals surface area contributed by atoms with Gasteiger partial charge in [-0.15, -0.1) is 0 Å². The van der Waals surface area contributed by atoms with Gasteiger partial charge in [-0.3, -0.25) is 18.7 Å². The molecule has 0 atom stereocenters. The van der Waals surface area contributed by atoms with Gasteiger partial charge in [0.25, 0.3) is 0 Å². The van der Waals surface area contributed by atoms with E-state index in [0.717, 1.165) is 5.56 Å². The Hall–Kier alpha value is -3.88. The number of carbonyl (C=O) groups excluding carboxylic acids is 3. The number of carbonyl (C=O) groups is 3. The van der Waals surface area contributed by atoms with Crippen LogP contribution in [0.5, 0.6) is 0 Å². The molecule has 1 aromatic heterocycles. The molecule has 0 saturated carbocycles. The second kappa shape index (κ2) is 9.29. The first-order valence-electron chi connectivity index (χ1n) is 9.77. The molecule has 3 aromatic rings. The molecule has 0 fully saturated rings. The van der Waals surface area contributed by atoms with Crippen LogP contribution in [0.1, 0.15) is 22.8 Å². The summed E-state index contributed by atoms with van der Waals surface area (Å²) in [4.78, 5) is 50.7. The second-order valence-electron chi connectivity index (χ2n) is 7.01. The molecule has 0 aliphatic heterocycles. The van der Waals surface area contributed by atoms with Crippen LogP contribution in [0, 0.1) is 0 Å².